The van der Waals surface area contributed by atoms with Crippen molar-refractivity contribution in [3.05, 3.63) is 22.4 Å². The van der Waals surface area contributed by atoms with E-state index < -0.39 is 0 Å². The highest BCUT2D eigenvalue weighted by Crippen LogP contribution is 2.19. The van der Waals surface area contributed by atoms with Gasteiger partial charge < -0.3 is 19.3 Å². The fourth-order valence-corrected chi connectivity index (χ4v) is 2.85. The van der Waals surface area contributed by atoms with Crippen LogP contribution in [0.2, 0.25) is 0 Å². The summed E-state index contributed by atoms with van der Waals surface area (Å²) in [6, 6.07) is 1.83. The number of halogens is 1. The molecule has 5 nitrogen and oxygen atoms in total. The van der Waals surface area contributed by atoms with Gasteiger partial charge in [0.1, 0.15) is 5.69 Å². The molecule has 0 radical (unpaired) electrons. The van der Waals surface area contributed by atoms with Gasteiger partial charge in [-0.3, -0.25) is 4.79 Å². The van der Waals surface area contributed by atoms with E-state index >= 15 is 0 Å². The molecule has 1 aliphatic rings. The van der Waals surface area contributed by atoms with E-state index in [1.165, 1.54) is 0 Å². The molecule has 0 bridgehead atoms. The maximum atomic E-state index is 12.5. The van der Waals surface area contributed by atoms with Crippen LogP contribution in [-0.4, -0.2) is 52.4 Å². The van der Waals surface area contributed by atoms with Crippen LogP contribution in [0.1, 0.15) is 24.3 Å². The first kappa shape index (κ1) is 14.6. The van der Waals surface area contributed by atoms with Gasteiger partial charge in [0.25, 0.3) is 5.91 Å². The number of carbonyl (C=O) groups is 1. The van der Waals surface area contributed by atoms with E-state index in [1.807, 2.05) is 30.7 Å². The number of amides is 1. The first-order valence-electron chi connectivity index (χ1n) is 6.46. The minimum absolute atomic E-state index is 0.0128. The number of aliphatic hydroxyl groups is 1. The van der Waals surface area contributed by atoms with Crippen molar-refractivity contribution in [2.75, 3.05) is 19.7 Å². The summed E-state index contributed by atoms with van der Waals surface area (Å²) >= 11 is 3.40. The van der Waals surface area contributed by atoms with Crippen LogP contribution in [0.25, 0.3) is 0 Å². The van der Waals surface area contributed by atoms with Gasteiger partial charge in [-0.1, -0.05) is 0 Å². The minimum Gasteiger partial charge on any atom is -0.394 e. The summed E-state index contributed by atoms with van der Waals surface area (Å²) in [5.41, 5.74) is 0.667. The summed E-state index contributed by atoms with van der Waals surface area (Å²) in [5.74, 6) is -0.0128. The molecule has 1 aliphatic heterocycles. The SMILES string of the molecule is CCn1cc(Br)cc1C(=O)N1CC(C)OC(CO)C1. The lowest BCUT2D eigenvalue weighted by molar-refractivity contribution is -0.0860. The lowest BCUT2D eigenvalue weighted by Gasteiger charge is -2.36. The number of aliphatic hydroxyl groups excluding tert-OH is 1. The molecule has 0 aromatic carbocycles. The van der Waals surface area contributed by atoms with Crippen molar-refractivity contribution >= 4 is 21.8 Å². The van der Waals surface area contributed by atoms with Crippen molar-refractivity contribution in [1.29, 1.82) is 0 Å². The number of nitrogens with zero attached hydrogens (tertiary/aromatic N) is 2. The van der Waals surface area contributed by atoms with E-state index in [2.05, 4.69) is 15.9 Å². The van der Waals surface area contributed by atoms with E-state index in [-0.39, 0.29) is 24.7 Å². The third-order valence-electron chi connectivity index (χ3n) is 3.24. The van der Waals surface area contributed by atoms with Crippen LogP contribution >= 0.6 is 15.9 Å². The fraction of sp³-hybridized carbons (Fsp3) is 0.615. The van der Waals surface area contributed by atoms with Gasteiger partial charge >= 0.3 is 0 Å². The van der Waals surface area contributed by atoms with Crippen LogP contribution in [-0.2, 0) is 11.3 Å². The maximum Gasteiger partial charge on any atom is 0.270 e. The molecule has 2 rings (SSSR count). The number of carbonyl (C=O) groups excluding carboxylic acids is 1. The van der Waals surface area contributed by atoms with E-state index in [0.29, 0.717) is 18.8 Å². The van der Waals surface area contributed by atoms with Gasteiger partial charge in [0.15, 0.2) is 0 Å². The smallest absolute Gasteiger partial charge is 0.270 e. The second-order valence-electron chi connectivity index (χ2n) is 4.79. The minimum atomic E-state index is -0.291. The van der Waals surface area contributed by atoms with Crippen molar-refractivity contribution in [1.82, 2.24) is 9.47 Å². The molecule has 2 atom stereocenters. The van der Waals surface area contributed by atoms with Crippen molar-refractivity contribution < 1.29 is 14.6 Å². The lowest BCUT2D eigenvalue weighted by Crippen LogP contribution is -2.50. The summed E-state index contributed by atoms with van der Waals surface area (Å²) in [4.78, 5) is 14.3. The van der Waals surface area contributed by atoms with Gasteiger partial charge in [-0.15, -0.1) is 0 Å². The quantitative estimate of drug-likeness (QED) is 0.913. The predicted octanol–water partition coefficient (Wildman–Crippen LogP) is 1.49. The molecule has 1 aromatic heterocycles. The first-order chi connectivity index (χ1) is 9.05. The monoisotopic (exact) mass is 330 g/mol. The molecule has 6 heteroatoms. The number of ether oxygens (including phenoxy) is 1. The number of hydrogen-bond donors (Lipinski definition) is 1. The Hall–Kier alpha value is -0.850. The Morgan fingerprint density at radius 1 is 1.58 bits per heavy atom. The van der Waals surface area contributed by atoms with Crippen molar-refractivity contribution in [3.63, 3.8) is 0 Å². The Bertz CT molecular complexity index is 461. The topological polar surface area (TPSA) is 54.7 Å². The van der Waals surface area contributed by atoms with Gasteiger partial charge in [0.2, 0.25) is 0 Å². The summed E-state index contributed by atoms with van der Waals surface area (Å²) in [6.07, 6.45) is 1.56. The Balaban J connectivity index is 2.18. The van der Waals surface area contributed by atoms with Gasteiger partial charge in [0, 0.05) is 30.3 Å². The van der Waals surface area contributed by atoms with Crippen LogP contribution in [0, 0.1) is 0 Å². The predicted molar refractivity (Wildman–Crippen MR) is 75.1 cm³/mol. The molecular weight excluding hydrogens is 312 g/mol. The van der Waals surface area contributed by atoms with Gasteiger partial charge in [-0.2, -0.15) is 0 Å². The molecule has 0 aliphatic carbocycles. The second-order valence-corrected chi connectivity index (χ2v) is 5.71. The number of aryl methyl sites for hydroxylation is 1. The first-order valence-corrected chi connectivity index (χ1v) is 7.25. The normalized spacial score (nSPS) is 23.7. The molecule has 106 valence electrons. The van der Waals surface area contributed by atoms with Crippen molar-refractivity contribution in [3.8, 4) is 0 Å². The number of hydrogen-bond acceptors (Lipinski definition) is 3. The average Bonchev–Trinajstić information content (AvgIpc) is 2.78. The van der Waals surface area contributed by atoms with E-state index in [0.717, 1.165) is 11.0 Å². The zero-order valence-corrected chi connectivity index (χ0v) is 12.8. The molecule has 1 saturated heterocycles. The van der Waals surface area contributed by atoms with Gasteiger partial charge in [-0.05, 0) is 35.8 Å². The summed E-state index contributed by atoms with van der Waals surface area (Å²) in [6.45, 7) is 5.59. The second kappa shape index (κ2) is 6.07. The Morgan fingerprint density at radius 3 is 2.95 bits per heavy atom. The van der Waals surface area contributed by atoms with Crippen LogP contribution in [0.5, 0.6) is 0 Å². The molecular formula is C13H19BrN2O3. The number of rotatable bonds is 3. The Morgan fingerprint density at radius 2 is 2.32 bits per heavy atom. The molecule has 0 spiro atoms. The molecule has 1 aromatic rings. The maximum absolute atomic E-state index is 12.5. The molecule has 2 heterocycles. The highest BCUT2D eigenvalue weighted by molar-refractivity contribution is 9.10. The Kier molecular flexibility index (Phi) is 4.65. The third kappa shape index (κ3) is 3.19. The molecule has 1 amide bonds. The lowest BCUT2D eigenvalue weighted by atomic mass is 10.2. The largest absolute Gasteiger partial charge is 0.394 e. The summed E-state index contributed by atoms with van der Waals surface area (Å²) < 4.78 is 8.37. The fourth-order valence-electron chi connectivity index (χ4n) is 2.39. The molecule has 0 saturated carbocycles. The Labute approximate surface area is 121 Å². The van der Waals surface area contributed by atoms with E-state index in [9.17, 15) is 9.90 Å². The number of aromatic nitrogens is 1. The van der Waals surface area contributed by atoms with E-state index in [4.69, 9.17) is 4.74 Å². The van der Waals surface area contributed by atoms with Gasteiger partial charge in [0.05, 0.1) is 18.8 Å². The molecule has 1 fully saturated rings. The summed E-state index contributed by atoms with van der Waals surface area (Å²) in [7, 11) is 0. The summed E-state index contributed by atoms with van der Waals surface area (Å²) in [5, 5.41) is 9.21. The van der Waals surface area contributed by atoms with Crippen LogP contribution < -0.4 is 0 Å². The zero-order valence-electron chi connectivity index (χ0n) is 11.2. The van der Waals surface area contributed by atoms with Crippen molar-refractivity contribution in [2.45, 2.75) is 32.6 Å². The average molecular weight is 331 g/mol. The van der Waals surface area contributed by atoms with Crippen LogP contribution in [0.3, 0.4) is 0 Å². The van der Waals surface area contributed by atoms with Crippen LogP contribution in [0.4, 0.5) is 0 Å². The molecule has 2 unspecified atom stereocenters. The highest BCUT2D eigenvalue weighted by Gasteiger charge is 2.29. The van der Waals surface area contributed by atoms with E-state index in [1.54, 1.807) is 4.90 Å². The molecule has 19 heavy (non-hydrogen) atoms. The number of morpholine rings is 1. The van der Waals surface area contributed by atoms with Gasteiger partial charge in [-0.25, -0.2) is 0 Å². The van der Waals surface area contributed by atoms with Crippen molar-refractivity contribution in [2.24, 2.45) is 0 Å². The highest BCUT2D eigenvalue weighted by atomic mass is 79.9. The standard InChI is InChI=1S/C13H19BrN2O3/c1-3-15-6-10(14)4-12(15)13(18)16-5-9(2)19-11(7-16)8-17/h4,6,9,11,17H,3,5,7-8H2,1-2H3. The zero-order chi connectivity index (χ0) is 14.0. The van der Waals surface area contributed by atoms with Crippen LogP contribution in [0.15, 0.2) is 16.7 Å². The third-order valence-corrected chi connectivity index (χ3v) is 3.67. The molecule has 1 N–H and O–H groups in total.